The molecule has 0 bridgehead atoms. The van der Waals surface area contributed by atoms with Gasteiger partial charge in [0, 0.05) is 0 Å². The zero-order valence-electron chi connectivity index (χ0n) is 15.7. The van der Waals surface area contributed by atoms with Gasteiger partial charge in [0.1, 0.15) is 6.10 Å². The van der Waals surface area contributed by atoms with Crippen molar-refractivity contribution in [2.75, 3.05) is 0 Å². The number of ether oxygens (including phenoxy) is 1. The van der Waals surface area contributed by atoms with Gasteiger partial charge >= 0.3 is 5.97 Å². The van der Waals surface area contributed by atoms with Crippen LogP contribution in [0.4, 0.5) is 0 Å². The third kappa shape index (κ3) is 2.95. The van der Waals surface area contributed by atoms with Crippen molar-refractivity contribution in [2.24, 2.45) is 34.5 Å². The van der Waals surface area contributed by atoms with E-state index in [9.17, 15) is 4.79 Å². The van der Waals surface area contributed by atoms with Gasteiger partial charge in [-0.2, -0.15) is 0 Å². The molecule has 2 aliphatic carbocycles. The highest BCUT2D eigenvalue weighted by atomic mass is 16.5. The first kappa shape index (κ1) is 17.8. The van der Waals surface area contributed by atoms with Crippen LogP contribution in [0, 0.1) is 34.5 Å². The van der Waals surface area contributed by atoms with Gasteiger partial charge in [0.25, 0.3) is 0 Å². The normalized spacial score (nSPS) is 41.6. The Balaban J connectivity index is 2.13. The second-order valence-electron chi connectivity index (χ2n) is 9.26. The van der Waals surface area contributed by atoms with E-state index in [1.165, 1.54) is 12.8 Å². The molecule has 22 heavy (non-hydrogen) atoms. The van der Waals surface area contributed by atoms with E-state index in [1.54, 1.807) is 0 Å². The van der Waals surface area contributed by atoms with Crippen molar-refractivity contribution in [2.45, 2.75) is 86.7 Å². The summed E-state index contributed by atoms with van der Waals surface area (Å²) in [6, 6.07) is 0. The minimum atomic E-state index is -0.325. The topological polar surface area (TPSA) is 26.3 Å². The third-order valence-corrected chi connectivity index (χ3v) is 7.40. The summed E-state index contributed by atoms with van der Waals surface area (Å²) in [6.07, 6.45) is 5.74. The van der Waals surface area contributed by atoms with Gasteiger partial charge in [-0.05, 0) is 61.7 Å². The van der Waals surface area contributed by atoms with E-state index in [0.717, 1.165) is 19.3 Å². The summed E-state index contributed by atoms with van der Waals surface area (Å²) >= 11 is 0. The fourth-order valence-corrected chi connectivity index (χ4v) is 4.61. The number of carbonyl (C=O) groups is 1. The highest BCUT2D eigenvalue weighted by Crippen LogP contribution is 2.56. The van der Waals surface area contributed by atoms with Crippen molar-refractivity contribution >= 4 is 5.97 Å². The molecule has 0 amide bonds. The van der Waals surface area contributed by atoms with E-state index in [2.05, 4.69) is 48.5 Å². The number of carbonyl (C=O) groups excluding carboxylic acids is 1. The summed E-state index contributed by atoms with van der Waals surface area (Å²) in [6.45, 7) is 15.7. The first-order valence-electron chi connectivity index (χ1n) is 9.30. The van der Waals surface area contributed by atoms with E-state index in [0.29, 0.717) is 23.7 Å². The monoisotopic (exact) mass is 308 g/mol. The Labute approximate surface area is 137 Å². The summed E-state index contributed by atoms with van der Waals surface area (Å²) in [5, 5.41) is 0. The lowest BCUT2D eigenvalue weighted by molar-refractivity contribution is -0.174. The van der Waals surface area contributed by atoms with Crippen LogP contribution in [-0.4, -0.2) is 12.1 Å². The Hall–Kier alpha value is -0.530. The van der Waals surface area contributed by atoms with Gasteiger partial charge in [-0.25, -0.2) is 0 Å². The zero-order valence-corrected chi connectivity index (χ0v) is 15.7. The van der Waals surface area contributed by atoms with Gasteiger partial charge in [0.2, 0.25) is 0 Å². The van der Waals surface area contributed by atoms with Crippen molar-refractivity contribution in [1.82, 2.24) is 0 Å². The molecule has 0 aliphatic heterocycles. The standard InChI is InChI=1S/C20H36O2/c1-13(2)16-9-8-14(3)12-17(16)22-18(21)20(7)11-10-15(4)19(20,5)6/h13-17H,8-12H2,1-7H3/t14-,15-,16+,17+,20-/m0/s1. The summed E-state index contributed by atoms with van der Waals surface area (Å²) in [7, 11) is 0. The fraction of sp³-hybridized carbons (Fsp3) is 0.950. The van der Waals surface area contributed by atoms with Gasteiger partial charge in [0.15, 0.2) is 0 Å². The molecule has 0 aromatic carbocycles. The van der Waals surface area contributed by atoms with E-state index in [-0.39, 0.29) is 22.9 Å². The Morgan fingerprint density at radius 1 is 1.09 bits per heavy atom. The van der Waals surface area contributed by atoms with Crippen LogP contribution in [-0.2, 0) is 9.53 Å². The number of hydrogen-bond acceptors (Lipinski definition) is 2. The third-order valence-electron chi connectivity index (χ3n) is 7.40. The minimum absolute atomic E-state index is 0.0255. The quantitative estimate of drug-likeness (QED) is 0.648. The van der Waals surface area contributed by atoms with Crippen LogP contribution in [0.5, 0.6) is 0 Å². The Kier molecular flexibility index (Phi) is 5.00. The maximum Gasteiger partial charge on any atom is 0.312 e. The predicted octanol–water partition coefficient (Wildman–Crippen LogP) is 5.45. The van der Waals surface area contributed by atoms with Crippen LogP contribution in [0.15, 0.2) is 0 Å². The molecular formula is C20H36O2. The first-order chi connectivity index (χ1) is 10.1. The lowest BCUT2D eigenvalue weighted by Gasteiger charge is -2.42. The van der Waals surface area contributed by atoms with Gasteiger partial charge < -0.3 is 4.74 Å². The second-order valence-corrected chi connectivity index (χ2v) is 9.26. The summed E-state index contributed by atoms with van der Waals surface area (Å²) in [5.74, 6) is 2.44. The molecule has 2 heteroatoms. The number of hydrogen-bond donors (Lipinski definition) is 0. The molecule has 2 rings (SSSR count). The molecule has 128 valence electrons. The molecule has 2 fully saturated rings. The van der Waals surface area contributed by atoms with Crippen molar-refractivity contribution < 1.29 is 9.53 Å². The molecule has 0 saturated heterocycles. The summed E-state index contributed by atoms with van der Waals surface area (Å²) in [4.78, 5) is 13.0. The van der Waals surface area contributed by atoms with Crippen LogP contribution in [0.3, 0.4) is 0 Å². The molecule has 2 saturated carbocycles. The van der Waals surface area contributed by atoms with Crippen molar-refractivity contribution in [1.29, 1.82) is 0 Å². The minimum Gasteiger partial charge on any atom is -0.462 e. The molecule has 5 atom stereocenters. The van der Waals surface area contributed by atoms with Crippen LogP contribution < -0.4 is 0 Å². The zero-order chi connectivity index (χ0) is 16.7. The van der Waals surface area contributed by atoms with Crippen molar-refractivity contribution in [3.05, 3.63) is 0 Å². The molecule has 0 spiro atoms. The van der Waals surface area contributed by atoms with Crippen molar-refractivity contribution in [3.63, 3.8) is 0 Å². The lowest BCUT2D eigenvalue weighted by atomic mass is 9.66. The second kappa shape index (κ2) is 6.17. The molecule has 0 radical (unpaired) electrons. The van der Waals surface area contributed by atoms with Gasteiger partial charge in [-0.3, -0.25) is 4.79 Å². The average molecular weight is 309 g/mol. The molecule has 0 unspecified atom stereocenters. The number of rotatable bonds is 3. The highest BCUT2D eigenvalue weighted by molar-refractivity contribution is 5.78. The van der Waals surface area contributed by atoms with E-state index in [4.69, 9.17) is 4.74 Å². The molecule has 0 N–H and O–H groups in total. The van der Waals surface area contributed by atoms with Crippen LogP contribution in [0.25, 0.3) is 0 Å². The summed E-state index contributed by atoms with van der Waals surface area (Å²) in [5.41, 5.74) is -0.299. The summed E-state index contributed by atoms with van der Waals surface area (Å²) < 4.78 is 6.17. The predicted molar refractivity (Wildman–Crippen MR) is 91.5 cm³/mol. The van der Waals surface area contributed by atoms with Crippen LogP contribution >= 0.6 is 0 Å². The Bertz CT molecular complexity index is 412. The molecule has 0 heterocycles. The molecule has 2 aliphatic rings. The average Bonchev–Trinajstić information content (AvgIpc) is 2.63. The van der Waals surface area contributed by atoms with Gasteiger partial charge in [-0.1, -0.05) is 48.0 Å². The Morgan fingerprint density at radius 3 is 2.23 bits per heavy atom. The maximum absolute atomic E-state index is 13.0. The molecule has 2 nitrogen and oxygen atoms in total. The van der Waals surface area contributed by atoms with Gasteiger partial charge in [-0.15, -0.1) is 0 Å². The molecular weight excluding hydrogens is 272 g/mol. The van der Waals surface area contributed by atoms with Crippen LogP contribution in [0.1, 0.15) is 80.6 Å². The van der Waals surface area contributed by atoms with E-state index in [1.807, 2.05) is 0 Å². The van der Waals surface area contributed by atoms with Crippen LogP contribution in [0.2, 0.25) is 0 Å². The van der Waals surface area contributed by atoms with Gasteiger partial charge in [0.05, 0.1) is 5.41 Å². The SMILES string of the molecule is CC(C)[C@H]1CC[C@H](C)C[C@H]1OC(=O)[C@]1(C)CC[C@H](C)C1(C)C. The smallest absolute Gasteiger partial charge is 0.312 e. The lowest BCUT2D eigenvalue weighted by Crippen LogP contribution is -2.45. The maximum atomic E-state index is 13.0. The highest BCUT2D eigenvalue weighted by Gasteiger charge is 2.55. The largest absolute Gasteiger partial charge is 0.462 e. The number of esters is 1. The van der Waals surface area contributed by atoms with E-state index < -0.39 is 0 Å². The Morgan fingerprint density at radius 2 is 1.73 bits per heavy atom. The molecule has 0 aromatic heterocycles. The van der Waals surface area contributed by atoms with E-state index >= 15 is 0 Å². The first-order valence-corrected chi connectivity index (χ1v) is 9.30. The fourth-order valence-electron chi connectivity index (χ4n) is 4.61. The van der Waals surface area contributed by atoms with Crippen molar-refractivity contribution in [3.8, 4) is 0 Å². The molecule has 0 aromatic rings.